The normalized spacial score (nSPS) is 12.2. The van der Waals surface area contributed by atoms with E-state index in [2.05, 4.69) is 46.7 Å². The Hall–Kier alpha value is -1.71. The second kappa shape index (κ2) is 9.27. The second-order valence-corrected chi connectivity index (χ2v) is 5.22. The lowest BCUT2D eigenvalue weighted by molar-refractivity contribution is 0.282. The number of hydrogen-bond donors (Lipinski definition) is 2. The van der Waals surface area contributed by atoms with Crippen LogP contribution in [0.4, 0.5) is 0 Å². The lowest BCUT2D eigenvalue weighted by Gasteiger charge is -2.19. The van der Waals surface area contributed by atoms with Gasteiger partial charge in [-0.2, -0.15) is 0 Å². The number of hydrogen-bond acceptors (Lipinski definition) is 3. The van der Waals surface area contributed by atoms with E-state index >= 15 is 0 Å². The summed E-state index contributed by atoms with van der Waals surface area (Å²) >= 11 is 0. The van der Waals surface area contributed by atoms with Crippen molar-refractivity contribution in [1.82, 2.24) is 10.3 Å². The Morgan fingerprint density at radius 1 is 0.857 bits per heavy atom. The van der Waals surface area contributed by atoms with Gasteiger partial charge in [-0.05, 0) is 42.6 Å². The van der Waals surface area contributed by atoms with E-state index in [9.17, 15) is 0 Å². The van der Waals surface area contributed by atoms with Gasteiger partial charge in [-0.15, -0.1) is 0 Å². The summed E-state index contributed by atoms with van der Waals surface area (Å²) in [4.78, 5) is 4.10. The Labute approximate surface area is 127 Å². The number of aromatic nitrogens is 1. The highest BCUT2D eigenvalue weighted by molar-refractivity contribution is 5.30. The molecule has 112 valence electrons. The lowest BCUT2D eigenvalue weighted by Crippen LogP contribution is -2.23. The van der Waals surface area contributed by atoms with E-state index in [1.54, 1.807) is 0 Å². The largest absolute Gasteiger partial charge is 0.396 e. The predicted octanol–water partition coefficient (Wildman–Crippen LogP) is 3.31. The summed E-state index contributed by atoms with van der Waals surface area (Å²) in [7, 11) is 0. The third-order valence-corrected chi connectivity index (χ3v) is 3.61. The van der Waals surface area contributed by atoms with Crippen LogP contribution in [0.15, 0.2) is 54.9 Å². The molecule has 0 saturated heterocycles. The summed E-state index contributed by atoms with van der Waals surface area (Å²) in [5.74, 6) is 0. The van der Waals surface area contributed by atoms with Crippen LogP contribution in [-0.2, 0) is 0 Å². The fourth-order valence-electron chi connectivity index (χ4n) is 2.47. The van der Waals surface area contributed by atoms with Crippen LogP contribution in [0.1, 0.15) is 42.9 Å². The molecule has 3 nitrogen and oxygen atoms in total. The maximum absolute atomic E-state index is 8.79. The number of nitrogens with one attached hydrogen (secondary N) is 1. The molecular formula is C18H24N2O. The maximum atomic E-state index is 8.79. The van der Waals surface area contributed by atoms with E-state index in [0.717, 1.165) is 32.2 Å². The van der Waals surface area contributed by atoms with Gasteiger partial charge in [0, 0.05) is 19.0 Å². The van der Waals surface area contributed by atoms with Gasteiger partial charge >= 0.3 is 0 Å². The van der Waals surface area contributed by atoms with Crippen molar-refractivity contribution >= 4 is 0 Å². The van der Waals surface area contributed by atoms with Crippen LogP contribution in [-0.4, -0.2) is 23.2 Å². The van der Waals surface area contributed by atoms with E-state index in [-0.39, 0.29) is 6.04 Å². The predicted molar refractivity (Wildman–Crippen MR) is 86.1 cm³/mol. The van der Waals surface area contributed by atoms with Crippen molar-refractivity contribution in [1.29, 1.82) is 0 Å². The van der Waals surface area contributed by atoms with Gasteiger partial charge in [0.25, 0.3) is 0 Å². The van der Waals surface area contributed by atoms with Crippen LogP contribution in [0, 0.1) is 0 Å². The van der Waals surface area contributed by atoms with Crippen molar-refractivity contribution in [2.24, 2.45) is 0 Å². The molecule has 0 amide bonds. The first kappa shape index (κ1) is 15.7. The van der Waals surface area contributed by atoms with Gasteiger partial charge in [0.05, 0.1) is 6.04 Å². The topological polar surface area (TPSA) is 45.1 Å². The Morgan fingerprint density at radius 2 is 1.52 bits per heavy atom. The van der Waals surface area contributed by atoms with Crippen LogP contribution in [0.25, 0.3) is 0 Å². The summed E-state index contributed by atoms with van der Waals surface area (Å²) < 4.78 is 0. The first-order valence-corrected chi connectivity index (χ1v) is 7.71. The molecule has 0 spiro atoms. The fraction of sp³-hybridized carbons (Fsp3) is 0.389. The minimum Gasteiger partial charge on any atom is -0.396 e. The minimum absolute atomic E-state index is 0.215. The van der Waals surface area contributed by atoms with Crippen molar-refractivity contribution in [3.8, 4) is 0 Å². The Balaban J connectivity index is 1.94. The van der Waals surface area contributed by atoms with Gasteiger partial charge in [-0.1, -0.05) is 43.2 Å². The average Bonchev–Trinajstić information content (AvgIpc) is 2.56. The quantitative estimate of drug-likeness (QED) is 0.694. The molecule has 2 rings (SSSR count). The molecule has 21 heavy (non-hydrogen) atoms. The van der Waals surface area contributed by atoms with Gasteiger partial charge in [0.1, 0.15) is 0 Å². The number of nitrogens with zero attached hydrogens (tertiary/aromatic N) is 1. The van der Waals surface area contributed by atoms with Crippen LogP contribution in [0.5, 0.6) is 0 Å². The summed E-state index contributed by atoms with van der Waals surface area (Å²) in [5.41, 5.74) is 2.52. The summed E-state index contributed by atoms with van der Waals surface area (Å²) in [6.07, 6.45) is 7.98. The van der Waals surface area contributed by atoms with Gasteiger partial charge < -0.3 is 10.4 Å². The summed E-state index contributed by atoms with van der Waals surface area (Å²) in [6, 6.07) is 14.9. The highest BCUT2D eigenvalue weighted by Crippen LogP contribution is 2.21. The molecular weight excluding hydrogens is 260 g/mol. The number of unbranched alkanes of at least 4 members (excludes halogenated alkanes) is 3. The smallest absolute Gasteiger partial charge is 0.0577 e. The highest BCUT2D eigenvalue weighted by atomic mass is 16.2. The number of rotatable bonds is 9. The molecule has 1 heterocycles. The molecule has 0 fully saturated rings. The molecule has 0 radical (unpaired) electrons. The fourth-order valence-corrected chi connectivity index (χ4v) is 2.47. The van der Waals surface area contributed by atoms with Gasteiger partial charge in [-0.3, -0.25) is 4.98 Å². The molecule has 2 aromatic rings. The van der Waals surface area contributed by atoms with E-state index in [4.69, 9.17) is 5.11 Å². The maximum Gasteiger partial charge on any atom is 0.0577 e. The zero-order chi connectivity index (χ0) is 14.8. The molecule has 1 aromatic carbocycles. The monoisotopic (exact) mass is 284 g/mol. The number of aliphatic hydroxyl groups excluding tert-OH is 1. The molecule has 3 heteroatoms. The summed E-state index contributed by atoms with van der Waals surface area (Å²) in [5, 5.41) is 12.4. The molecule has 0 saturated carbocycles. The van der Waals surface area contributed by atoms with Gasteiger partial charge in [0.15, 0.2) is 0 Å². The van der Waals surface area contributed by atoms with Gasteiger partial charge in [-0.25, -0.2) is 0 Å². The molecule has 1 unspecified atom stereocenters. The van der Waals surface area contributed by atoms with E-state index in [1.807, 2.05) is 18.5 Å². The lowest BCUT2D eigenvalue weighted by atomic mass is 9.99. The molecule has 0 bridgehead atoms. The third kappa shape index (κ3) is 5.29. The minimum atomic E-state index is 0.215. The highest BCUT2D eigenvalue weighted by Gasteiger charge is 2.12. The SMILES string of the molecule is OCCCCCCNC(c1ccccc1)c1ccncc1. The molecule has 0 aliphatic rings. The van der Waals surface area contributed by atoms with Crippen LogP contribution in [0.2, 0.25) is 0 Å². The zero-order valence-corrected chi connectivity index (χ0v) is 12.4. The number of aliphatic hydroxyl groups is 1. The van der Waals surface area contributed by atoms with Crippen molar-refractivity contribution in [3.63, 3.8) is 0 Å². The van der Waals surface area contributed by atoms with Crippen LogP contribution in [0.3, 0.4) is 0 Å². The van der Waals surface area contributed by atoms with Crippen molar-refractivity contribution in [3.05, 3.63) is 66.0 Å². The standard InChI is InChI=1S/C18H24N2O/c21-15-7-2-1-6-12-20-18(16-8-4-3-5-9-16)17-10-13-19-14-11-17/h3-5,8-11,13-14,18,20-21H,1-2,6-7,12,15H2. The Morgan fingerprint density at radius 3 is 2.24 bits per heavy atom. The van der Waals surface area contributed by atoms with E-state index in [0.29, 0.717) is 6.61 Å². The Kier molecular flexibility index (Phi) is 6.92. The zero-order valence-electron chi connectivity index (χ0n) is 12.4. The number of benzene rings is 1. The first-order chi connectivity index (χ1) is 10.4. The molecule has 2 N–H and O–H groups in total. The molecule has 1 aromatic heterocycles. The van der Waals surface area contributed by atoms with E-state index in [1.165, 1.54) is 11.1 Å². The van der Waals surface area contributed by atoms with Gasteiger partial charge in [0.2, 0.25) is 0 Å². The molecule has 0 aliphatic heterocycles. The molecule has 1 atom stereocenters. The van der Waals surface area contributed by atoms with Crippen LogP contribution < -0.4 is 5.32 Å². The third-order valence-electron chi connectivity index (χ3n) is 3.61. The van der Waals surface area contributed by atoms with Crippen molar-refractivity contribution in [2.75, 3.05) is 13.2 Å². The average molecular weight is 284 g/mol. The second-order valence-electron chi connectivity index (χ2n) is 5.22. The Bertz CT molecular complexity index is 448. The van der Waals surface area contributed by atoms with Crippen LogP contribution >= 0.6 is 0 Å². The first-order valence-electron chi connectivity index (χ1n) is 7.71. The molecule has 0 aliphatic carbocycles. The summed E-state index contributed by atoms with van der Waals surface area (Å²) in [6.45, 7) is 1.28. The van der Waals surface area contributed by atoms with Crippen molar-refractivity contribution < 1.29 is 5.11 Å². The van der Waals surface area contributed by atoms with Crippen molar-refractivity contribution in [2.45, 2.75) is 31.7 Å². The number of pyridine rings is 1. The van der Waals surface area contributed by atoms with E-state index < -0.39 is 0 Å².